The van der Waals surface area contributed by atoms with Crippen molar-refractivity contribution < 1.29 is 4.79 Å². The predicted octanol–water partition coefficient (Wildman–Crippen LogP) is 0.584. The molecule has 20 heavy (non-hydrogen) atoms. The third-order valence-corrected chi connectivity index (χ3v) is 5.50. The van der Waals surface area contributed by atoms with Crippen molar-refractivity contribution in [3.05, 3.63) is 0 Å². The van der Waals surface area contributed by atoms with Gasteiger partial charge in [0.1, 0.15) is 0 Å². The fourth-order valence-corrected chi connectivity index (χ4v) is 3.80. The molecule has 2 rings (SSSR count). The molecule has 0 aromatic carbocycles. The van der Waals surface area contributed by atoms with Crippen LogP contribution in [0.2, 0.25) is 0 Å². The standard InChI is InChI=1S/C14H27IN4O/c15-12-19-9-7-18(8-10-19)11-13-1-4-17(5-2-13)6-3-14(16)20/h13H,1-12H2,(H2,16,20). The number of hydrogen-bond donors (Lipinski definition) is 1. The molecule has 0 bridgehead atoms. The number of likely N-dealkylation sites (tertiary alicyclic amines) is 1. The summed E-state index contributed by atoms with van der Waals surface area (Å²) >= 11 is 2.45. The van der Waals surface area contributed by atoms with Gasteiger partial charge in [0.2, 0.25) is 5.91 Å². The van der Waals surface area contributed by atoms with Crippen LogP contribution < -0.4 is 5.73 Å². The van der Waals surface area contributed by atoms with Gasteiger partial charge >= 0.3 is 0 Å². The Bertz CT molecular complexity index is 300. The van der Waals surface area contributed by atoms with Crippen LogP contribution in [0.1, 0.15) is 19.3 Å². The summed E-state index contributed by atoms with van der Waals surface area (Å²) < 4.78 is 1.16. The summed E-state index contributed by atoms with van der Waals surface area (Å²) in [5, 5.41) is 0. The van der Waals surface area contributed by atoms with E-state index >= 15 is 0 Å². The number of alkyl halides is 1. The number of hydrogen-bond acceptors (Lipinski definition) is 4. The zero-order valence-electron chi connectivity index (χ0n) is 12.3. The summed E-state index contributed by atoms with van der Waals surface area (Å²) in [6.45, 7) is 9.27. The molecule has 2 N–H and O–H groups in total. The largest absolute Gasteiger partial charge is 0.370 e. The van der Waals surface area contributed by atoms with Crippen molar-refractivity contribution in [2.24, 2.45) is 11.7 Å². The first kappa shape index (κ1) is 16.5. The molecule has 2 saturated heterocycles. The fraction of sp³-hybridized carbons (Fsp3) is 0.929. The van der Waals surface area contributed by atoms with Crippen LogP contribution in [-0.2, 0) is 4.79 Å². The zero-order chi connectivity index (χ0) is 14.4. The van der Waals surface area contributed by atoms with E-state index in [4.69, 9.17) is 5.73 Å². The average Bonchev–Trinajstić information content (AvgIpc) is 2.47. The summed E-state index contributed by atoms with van der Waals surface area (Å²) in [6, 6.07) is 0. The third-order valence-electron chi connectivity index (χ3n) is 4.53. The van der Waals surface area contributed by atoms with Crippen molar-refractivity contribution in [1.82, 2.24) is 14.7 Å². The first-order chi connectivity index (χ1) is 9.67. The number of primary amides is 1. The maximum absolute atomic E-state index is 10.8. The number of carbonyl (C=O) groups excluding carboxylic acids is 1. The minimum atomic E-state index is -0.180. The molecular formula is C14H27IN4O. The number of amides is 1. The third kappa shape index (κ3) is 5.46. The number of piperidine rings is 1. The second-order valence-corrected chi connectivity index (χ2v) is 6.72. The van der Waals surface area contributed by atoms with Crippen LogP contribution in [0, 0.1) is 5.92 Å². The first-order valence-electron chi connectivity index (χ1n) is 7.68. The van der Waals surface area contributed by atoms with Crippen LogP contribution in [0.5, 0.6) is 0 Å². The van der Waals surface area contributed by atoms with Crippen molar-refractivity contribution in [2.45, 2.75) is 19.3 Å². The van der Waals surface area contributed by atoms with Crippen molar-refractivity contribution in [1.29, 1.82) is 0 Å². The Balaban J connectivity index is 1.61. The Labute approximate surface area is 136 Å². The number of nitrogens with zero attached hydrogens (tertiary/aromatic N) is 3. The van der Waals surface area contributed by atoms with E-state index in [9.17, 15) is 4.79 Å². The van der Waals surface area contributed by atoms with Gasteiger partial charge in [0.25, 0.3) is 0 Å². The number of rotatable bonds is 6. The number of carbonyl (C=O) groups is 1. The second-order valence-electron chi connectivity index (χ2n) is 6.04. The van der Waals surface area contributed by atoms with E-state index in [1.165, 1.54) is 45.6 Å². The van der Waals surface area contributed by atoms with Gasteiger partial charge in [-0.2, -0.15) is 0 Å². The fourth-order valence-electron chi connectivity index (χ4n) is 3.12. The number of nitrogens with two attached hydrogens (primary N) is 1. The predicted molar refractivity (Wildman–Crippen MR) is 89.9 cm³/mol. The Hall–Kier alpha value is 0.0800. The normalized spacial score (nSPS) is 24.1. The van der Waals surface area contributed by atoms with Gasteiger partial charge in [0, 0.05) is 45.7 Å². The minimum absolute atomic E-state index is 0.180. The molecule has 0 aliphatic carbocycles. The maximum atomic E-state index is 10.8. The number of piperazine rings is 1. The molecule has 5 nitrogen and oxygen atoms in total. The van der Waals surface area contributed by atoms with Gasteiger partial charge in [0.05, 0.1) is 4.55 Å². The van der Waals surface area contributed by atoms with E-state index in [2.05, 4.69) is 37.3 Å². The molecule has 116 valence electrons. The van der Waals surface area contributed by atoms with Crippen LogP contribution in [0.4, 0.5) is 0 Å². The highest BCUT2D eigenvalue weighted by Crippen LogP contribution is 2.19. The van der Waals surface area contributed by atoms with Gasteiger partial charge < -0.3 is 15.5 Å². The molecule has 0 aromatic rings. The lowest BCUT2D eigenvalue weighted by Crippen LogP contribution is -2.48. The van der Waals surface area contributed by atoms with E-state index < -0.39 is 0 Å². The molecule has 2 aliphatic heterocycles. The smallest absolute Gasteiger partial charge is 0.218 e. The van der Waals surface area contributed by atoms with Crippen LogP contribution in [0.25, 0.3) is 0 Å². The zero-order valence-corrected chi connectivity index (χ0v) is 14.4. The topological polar surface area (TPSA) is 52.8 Å². The summed E-state index contributed by atoms with van der Waals surface area (Å²) in [4.78, 5) is 18.3. The molecule has 0 spiro atoms. The first-order valence-corrected chi connectivity index (χ1v) is 9.21. The quantitative estimate of drug-likeness (QED) is 0.407. The van der Waals surface area contributed by atoms with Crippen molar-refractivity contribution in [3.8, 4) is 0 Å². The summed E-state index contributed by atoms with van der Waals surface area (Å²) in [6.07, 6.45) is 3.04. The highest BCUT2D eigenvalue weighted by atomic mass is 127. The molecule has 0 aromatic heterocycles. The molecule has 1 amide bonds. The molecule has 0 atom stereocenters. The van der Waals surface area contributed by atoms with Gasteiger partial charge in [-0.05, 0) is 31.8 Å². The van der Waals surface area contributed by atoms with E-state index in [0.717, 1.165) is 30.1 Å². The highest BCUT2D eigenvalue weighted by molar-refractivity contribution is 14.1. The minimum Gasteiger partial charge on any atom is -0.370 e. The molecule has 6 heteroatoms. The van der Waals surface area contributed by atoms with Crippen LogP contribution in [-0.4, -0.2) is 77.5 Å². The molecule has 0 saturated carbocycles. The van der Waals surface area contributed by atoms with E-state index in [1.54, 1.807) is 0 Å². The van der Waals surface area contributed by atoms with Gasteiger partial charge in [-0.15, -0.1) is 0 Å². The molecule has 2 aliphatic rings. The average molecular weight is 394 g/mol. The van der Waals surface area contributed by atoms with Crippen molar-refractivity contribution in [3.63, 3.8) is 0 Å². The maximum Gasteiger partial charge on any atom is 0.218 e. The van der Waals surface area contributed by atoms with Gasteiger partial charge in [-0.1, -0.05) is 22.6 Å². The molecule has 0 unspecified atom stereocenters. The Kier molecular flexibility index (Phi) is 7.00. The van der Waals surface area contributed by atoms with Crippen LogP contribution >= 0.6 is 22.6 Å². The van der Waals surface area contributed by atoms with Gasteiger partial charge in [-0.3, -0.25) is 9.69 Å². The summed E-state index contributed by atoms with van der Waals surface area (Å²) in [5.41, 5.74) is 5.21. The molecule has 2 heterocycles. The summed E-state index contributed by atoms with van der Waals surface area (Å²) in [7, 11) is 0. The highest BCUT2D eigenvalue weighted by Gasteiger charge is 2.23. The lowest BCUT2D eigenvalue weighted by Gasteiger charge is -2.38. The Morgan fingerprint density at radius 1 is 1.00 bits per heavy atom. The Morgan fingerprint density at radius 3 is 2.15 bits per heavy atom. The summed E-state index contributed by atoms with van der Waals surface area (Å²) in [5.74, 6) is 0.659. The van der Waals surface area contributed by atoms with E-state index in [1.807, 2.05) is 0 Å². The SMILES string of the molecule is NC(=O)CCN1CCC(CN2CCN(CI)CC2)CC1. The van der Waals surface area contributed by atoms with Crippen molar-refractivity contribution in [2.75, 3.05) is 56.9 Å². The number of halogens is 1. The van der Waals surface area contributed by atoms with Crippen LogP contribution in [0.15, 0.2) is 0 Å². The van der Waals surface area contributed by atoms with Crippen LogP contribution in [0.3, 0.4) is 0 Å². The van der Waals surface area contributed by atoms with E-state index in [0.29, 0.717) is 6.42 Å². The molecule has 0 radical (unpaired) electrons. The van der Waals surface area contributed by atoms with Gasteiger partial charge in [0.15, 0.2) is 0 Å². The Morgan fingerprint density at radius 2 is 1.60 bits per heavy atom. The monoisotopic (exact) mass is 394 g/mol. The van der Waals surface area contributed by atoms with E-state index in [-0.39, 0.29) is 5.91 Å². The molecular weight excluding hydrogens is 367 g/mol. The lowest BCUT2D eigenvalue weighted by molar-refractivity contribution is -0.118. The van der Waals surface area contributed by atoms with Gasteiger partial charge in [-0.25, -0.2) is 0 Å². The second kappa shape index (κ2) is 8.51. The lowest BCUT2D eigenvalue weighted by atomic mass is 9.96. The molecule has 2 fully saturated rings. The van der Waals surface area contributed by atoms with Crippen molar-refractivity contribution >= 4 is 28.5 Å².